The fraction of sp³-hybridized carbons (Fsp3) is 0.115. The lowest BCUT2D eigenvalue weighted by molar-refractivity contribution is -0.137. The fourth-order valence-electron chi connectivity index (χ4n) is 3.77. The summed E-state index contributed by atoms with van der Waals surface area (Å²) in [7, 11) is 0. The smallest absolute Gasteiger partial charge is 0.410 e. The molecule has 0 saturated carbocycles. The van der Waals surface area contributed by atoms with E-state index in [2.05, 4.69) is 15.8 Å². The molecule has 9 heteroatoms. The second-order valence-corrected chi connectivity index (χ2v) is 7.87. The minimum Gasteiger partial charge on any atom is -0.410 e. The Hall–Kier alpha value is -4.40. The molecule has 6 nitrogen and oxygen atoms in total. The molecule has 1 atom stereocenters. The highest BCUT2D eigenvalue weighted by molar-refractivity contribution is 6.26. The molecule has 0 saturated heterocycles. The van der Waals surface area contributed by atoms with E-state index < -0.39 is 29.5 Å². The van der Waals surface area contributed by atoms with E-state index in [0.29, 0.717) is 11.1 Å². The zero-order valence-electron chi connectivity index (χ0n) is 18.2. The van der Waals surface area contributed by atoms with Gasteiger partial charge in [0.05, 0.1) is 11.3 Å². The predicted molar refractivity (Wildman–Crippen MR) is 124 cm³/mol. The number of fused-ring (bicyclic) bond motifs is 1. The third-order valence-electron chi connectivity index (χ3n) is 5.47. The second-order valence-electron chi connectivity index (χ2n) is 7.87. The number of nitrogens with one attached hydrogen (secondary N) is 2. The van der Waals surface area contributed by atoms with E-state index in [0.717, 1.165) is 17.7 Å². The van der Waals surface area contributed by atoms with Gasteiger partial charge in [0.25, 0.3) is 0 Å². The molecule has 0 spiro atoms. The number of rotatable bonds is 6. The van der Waals surface area contributed by atoms with Crippen LogP contribution >= 0.6 is 0 Å². The van der Waals surface area contributed by atoms with E-state index in [1.807, 2.05) is 6.07 Å². The number of allylic oxidation sites excluding steroid dienone is 2. The van der Waals surface area contributed by atoms with E-state index >= 15 is 0 Å². The second kappa shape index (κ2) is 9.84. The molecule has 1 aliphatic rings. The monoisotopic (exact) mass is 479 g/mol. The van der Waals surface area contributed by atoms with Gasteiger partial charge < -0.3 is 15.8 Å². The summed E-state index contributed by atoms with van der Waals surface area (Å²) < 4.78 is 39.3. The Morgan fingerprint density at radius 2 is 1.63 bits per heavy atom. The summed E-state index contributed by atoms with van der Waals surface area (Å²) >= 11 is 0. The lowest BCUT2D eigenvalue weighted by atomic mass is 9.91. The summed E-state index contributed by atoms with van der Waals surface area (Å²) in [5.74, 6) is -1.04. The van der Waals surface area contributed by atoms with Crippen LogP contribution in [0.3, 0.4) is 0 Å². The van der Waals surface area contributed by atoms with Gasteiger partial charge in [-0.3, -0.25) is 9.59 Å². The van der Waals surface area contributed by atoms with Gasteiger partial charge in [0, 0.05) is 23.2 Å². The SMILES string of the molecule is O=C1C(N[C@H](Cc2ccccc2)C(=O)Nc2cccc(C(F)(F)F)c2)=CC(=NO)c2ccccc21. The first-order valence-electron chi connectivity index (χ1n) is 10.6. The summed E-state index contributed by atoms with van der Waals surface area (Å²) in [5, 5.41) is 18.1. The lowest BCUT2D eigenvalue weighted by Crippen LogP contribution is -2.44. The lowest BCUT2D eigenvalue weighted by Gasteiger charge is -2.24. The number of Topliss-reactive ketones (excluding diaryl/α,β-unsaturated/α-hetero) is 1. The highest BCUT2D eigenvalue weighted by Crippen LogP contribution is 2.30. The molecule has 178 valence electrons. The number of carbonyl (C=O) groups excluding carboxylic acids is 2. The first kappa shape index (κ1) is 23.7. The van der Waals surface area contributed by atoms with Crippen LogP contribution in [-0.2, 0) is 17.4 Å². The number of hydrogen-bond acceptors (Lipinski definition) is 5. The molecule has 0 fully saturated rings. The Labute approximate surface area is 198 Å². The van der Waals surface area contributed by atoms with Gasteiger partial charge in [0.2, 0.25) is 11.7 Å². The van der Waals surface area contributed by atoms with Crippen LogP contribution in [0.1, 0.15) is 27.0 Å². The van der Waals surface area contributed by atoms with Crippen molar-refractivity contribution in [2.24, 2.45) is 5.16 Å². The molecule has 0 bridgehead atoms. The van der Waals surface area contributed by atoms with E-state index in [1.165, 1.54) is 18.2 Å². The fourth-order valence-corrected chi connectivity index (χ4v) is 3.77. The van der Waals surface area contributed by atoms with Gasteiger partial charge in [-0.1, -0.05) is 65.8 Å². The highest BCUT2D eigenvalue weighted by atomic mass is 19.4. The van der Waals surface area contributed by atoms with Crippen LogP contribution in [-0.4, -0.2) is 28.7 Å². The first-order chi connectivity index (χ1) is 16.8. The number of hydrogen-bond donors (Lipinski definition) is 3. The number of halogens is 3. The Kier molecular flexibility index (Phi) is 6.68. The molecular weight excluding hydrogens is 459 g/mol. The van der Waals surface area contributed by atoms with Crippen molar-refractivity contribution in [3.63, 3.8) is 0 Å². The minimum atomic E-state index is -4.56. The molecule has 4 rings (SSSR count). The van der Waals surface area contributed by atoms with Crippen molar-refractivity contribution in [2.75, 3.05) is 5.32 Å². The van der Waals surface area contributed by atoms with E-state index in [1.54, 1.807) is 48.5 Å². The van der Waals surface area contributed by atoms with Crippen LogP contribution in [0.5, 0.6) is 0 Å². The number of oxime groups is 1. The van der Waals surface area contributed by atoms with E-state index in [9.17, 15) is 28.0 Å². The van der Waals surface area contributed by atoms with Crippen molar-refractivity contribution in [1.82, 2.24) is 5.32 Å². The quantitative estimate of drug-likeness (QED) is 0.350. The zero-order chi connectivity index (χ0) is 25.0. The third kappa shape index (κ3) is 5.40. The molecular formula is C26H20F3N3O3. The van der Waals surface area contributed by atoms with Crippen LogP contribution in [0.25, 0.3) is 0 Å². The molecule has 0 radical (unpaired) electrons. The van der Waals surface area contributed by atoms with Crippen LogP contribution in [0.2, 0.25) is 0 Å². The average Bonchev–Trinajstić information content (AvgIpc) is 2.85. The zero-order valence-corrected chi connectivity index (χ0v) is 18.2. The number of nitrogens with zero attached hydrogens (tertiary/aromatic N) is 1. The summed E-state index contributed by atoms with van der Waals surface area (Å²) in [6, 6.07) is 18.8. The summed E-state index contributed by atoms with van der Waals surface area (Å²) in [4.78, 5) is 26.3. The first-order valence-corrected chi connectivity index (χ1v) is 10.6. The maximum absolute atomic E-state index is 13.2. The van der Waals surface area contributed by atoms with Crippen molar-refractivity contribution < 1.29 is 28.0 Å². The molecule has 0 heterocycles. The number of anilines is 1. The highest BCUT2D eigenvalue weighted by Gasteiger charge is 2.31. The van der Waals surface area contributed by atoms with Crippen LogP contribution in [0.4, 0.5) is 18.9 Å². The van der Waals surface area contributed by atoms with Gasteiger partial charge in [-0.15, -0.1) is 0 Å². The molecule has 0 aromatic heterocycles. The summed E-state index contributed by atoms with van der Waals surface area (Å²) in [6.45, 7) is 0. The van der Waals surface area contributed by atoms with Crippen molar-refractivity contribution >= 4 is 23.1 Å². The van der Waals surface area contributed by atoms with Crippen LogP contribution < -0.4 is 10.6 Å². The van der Waals surface area contributed by atoms with Gasteiger partial charge in [0.1, 0.15) is 11.8 Å². The molecule has 3 aromatic rings. The molecule has 1 amide bonds. The van der Waals surface area contributed by atoms with E-state index in [-0.39, 0.29) is 23.5 Å². The minimum absolute atomic E-state index is 0.0247. The van der Waals surface area contributed by atoms with E-state index in [4.69, 9.17) is 0 Å². The molecule has 35 heavy (non-hydrogen) atoms. The third-order valence-corrected chi connectivity index (χ3v) is 5.47. The number of carbonyl (C=O) groups is 2. The normalized spacial score (nSPS) is 15.2. The van der Waals surface area contributed by atoms with Gasteiger partial charge in [0.15, 0.2) is 0 Å². The average molecular weight is 479 g/mol. The Morgan fingerprint density at radius 1 is 0.943 bits per heavy atom. The molecule has 3 aromatic carbocycles. The van der Waals surface area contributed by atoms with Crippen molar-refractivity contribution in [2.45, 2.75) is 18.6 Å². The number of benzene rings is 3. The topological polar surface area (TPSA) is 90.8 Å². The maximum atomic E-state index is 13.2. The van der Waals surface area contributed by atoms with Gasteiger partial charge >= 0.3 is 6.18 Å². The van der Waals surface area contributed by atoms with Gasteiger partial charge in [-0.2, -0.15) is 13.2 Å². The molecule has 0 unspecified atom stereocenters. The number of amides is 1. The largest absolute Gasteiger partial charge is 0.416 e. The maximum Gasteiger partial charge on any atom is 0.416 e. The van der Waals surface area contributed by atoms with Gasteiger partial charge in [-0.05, 0) is 29.8 Å². The van der Waals surface area contributed by atoms with Crippen LogP contribution in [0, 0.1) is 0 Å². The van der Waals surface area contributed by atoms with Crippen LogP contribution in [0.15, 0.2) is 95.8 Å². The van der Waals surface area contributed by atoms with Gasteiger partial charge in [-0.25, -0.2) is 0 Å². The summed E-state index contributed by atoms with van der Waals surface area (Å²) in [5.41, 5.74) is 0.742. The number of alkyl halides is 3. The van der Waals surface area contributed by atoms with Crippen molar-refractivity contribution in [3.8, 4) is 0 Å². The molecule has 1 aliphatic carbocycles. The molecule has 0 aliphatic heterocycles. The summed E-state index contributed by atoms with van der Waals surface area (Å²) in [6.07, 6.45) is -3.08. The Balaban J connectivity index is 1.63. The predicted octanol–water partition coefficient (Wildman–Crippen LogP) is 4.80. The standard InChI is InChI=1S/C26H20F3N3O3/c27-26(28,29)17-9-6-10-18(14-17)30-25(34)23(13-16-7-2-1-3-8-16)31-22-15-21(32-35)19-11-4-5-12-20(19)24(22)33/h1-12,14-15,23,31,35H,13H2,(H,30,34)/t23-/m1/s1. The Morgan fingerprint density at radius 3 is 2.31 bits per heavy atom. The number of ketones is 1. The molecule has 3 N–H and O–H groups in total. The Bertz CT molecular complexity index is 1320. The van der Waals surface area contributed by atoms with Crippen molar-refractivity contribution in [1.29, 1.82) is 0 Å². The van der Waals surface area contributed by atoms with Crippen molar-refractivity contribution in [3.05, 3.63) is 113 Å².